The van der Waals surface area contributed by atoms with Crippen molar-refractivity contribution in [2.45, 2.75) is 37.3 Å². The molecule has 4 rings (SSSR count). The Labute approximate surface area is 183 Å². The third-order valence-corrected chi connectivity index (χ3v) is 5.65. The van der Waals surface area contributed by atoms with Crippen molar-refractivity contribution in [3.63, 3.8) is 0 Å². The first-order chi connectivity index (χ1) is 14.8. The molecule has 166 valence electrons. The maximum atomic E-state index is 12.3. The molecule has 1 aliphatic rings. The molecule has 0 saturated carbocycles. The second-order valence-electron chi connectivity index (χ2n) is 6.76. The average molecular weight is 477 g/mol. The van der Waals surface area contributed by atoms with Crippen molar-refractivity contribution in [2.75, 3.05) is 0 Å². The predicted molar refractivity (Wildman–Crippen MR) is 104 cm³/mol. The fourth-order valence-corrected chi connectivity index (χ4v) is 3.75. The molecule has 0 aliphatic carbocycles. The van der Waals surface area contributed by atoms with Gasteiger partial charge >= 0.3 is 6.61 Å². The summed E-state index contributed by atoms with van der Waals surface area (Å²) in [6.07, 6.45) is -3.80. The molecule has 0 amide bonds. The normalized spacial score (nSPS) is 25.5. The van der Waals surface area contributed by atoms with Gasteiger partial charge in [-0.15, -0.1) is 0 Å². The van der Waals surface area contributed by atoms with E-state index in [0.717, 1.165) is 0 Å². The minimum Gasteiger partial charge on any atom is -0.387 e. The topological polar surface area (TPSA) is 125 Å². The average Bonchev–Trinajstić information content (AvgIpc) is 3.29. The lowest BCUT2D eigenvalue weighted by Crippen LogP contribution is -2.34. The van der Waals surface area contributed by atoms with Crippen LogP contribution in [0.3, 0.4) is 0 Å². The lowest BCUT2D eigenvalue weighted by molar-refractivity contribution is -0.132. The zero-order chi connectivity index (χ0) is 22.3. The number of alkyl halides is 2. The highest BCUT2D eigenvalue weighted by Crippen LogP contribution is 2.38. The maximum Gasteiger partial charge on any atom is 0.407 e. The van der Waals surface area contributed by atoms with Gasteiger partial charge in [0.1, 0.15) is 30.1 Å². The van der Waals surface area contributed by atoms with Crippen LogP contribution in [0.4, 0.5) is 8.78 Å². The minimum absolute atomic E-state index is 0.117. The summed E-state index contributed by atoms with van der Waals surface area (Å²) in [5.41, 5.74) is 0.533. The summed E-state index contributed by atoms with van der Waals surface area (Å²) >= 11 is 11.9. The molecule has 2 aromatic heterocycles. The Hall–Kier alpha value is -2.28. The molecule has 4 N–H and O–H groups in total. The molecule has 1 aromatic carbocycles. The van der Waals surface area contributed by atoms with E-state index in [4.69, 9.17) is 27.9 Å². The van der Waals surface area contributed by atoms with Crippen LogP contribution in [0.5, 0.6) is 0 Å². The van der Waals surface area contributed by atoms with Gasteiger partial charge in [0.2, 0.25) is 5.49 Å². The largest absolute Gasteiger partial charge is 0.407 e. The molecule has 0 unspecified atom stereocenters. The van der Waals surface area contributed by atoms with Crippen LogP contribution in [-0.2, 0) is 9.57 Å². The Morgan fingerprint density at radius 1 is 1.19 bits per heavy atom. The van der Waals surface area contributed by atoms with Gasteiger partial charge in [-0.05, 0) is 23.8 Å². The van der Waals surface area contributed by atoms with Crippen LogP contribution in [-0.4, -0.2) is 54.8 Å². The van der Waals surface area contributed by atoms with E-state index in [2.05, 4.69) is 20.0 Å². The number of aliphatic hydroxyl groups excluding tert-OH is 3. The van der Waals surface area contributed by atoms with Crippen molar-refractivity contribution in [3.05, 3.63) is 57.9 Å². The molecule has 0 radical (unpaired) electrons. The number of hydrogen-bond donors (Lipinski definition) is 4. The number of rotatable bonds is 5. The molecule has 13 heteroatoms. The van der Waals surface area contributed by atoms with E-state index in [-0.39, 0.29) is 10.5 Å². The summed E-state index contributed by atoms with van der Waals surface area (Å²) in [6, 6.07) is 5.95. The van der Waals surface area contributed by atoms with Gasteiger partial charge in [-0.25, -0.2) is 4.98 Å². The molecule has 0 spiro atoms. The van der Waals surface area contributed by atoms with Gasteiger partial charge in [0.25, 0.3) is 0 Å². The molecule has 31 heavy (non-hydrogen) atoms. The highest BCUT2D eigenvalue weighted by Gasteiger charge is 2.47. The Kier molecular flexibility index (Phi) is 6.15. The first kappa shape index (κ1) is 21.9. The lowest BCUT2D eigenvalue weighted by atomic mass is 9.99. The number of hydrogen-bond acceptors (Lipinski definition) is 7. The number of ether oxygens (including phenoxy) is 1. The van der Waals surface area contributed by atoms with Gasteiger partial charge in [-0.3, -0.25) is 0 Å². The van der Waals surface area contributed by atoms with Crippen molar-refractivity contribution < 1.29 is 33.7 Å². The van der Waals surface area contributed by atoms with E-state index in [0.29, 0.717) is 21.6 Å². The van der Waals surface area contributed by atoms with E-state index in [9.17, 15) is 24.1 Å². The van der Waals surface area contributed by atoms with Gasteiger partial charge in [0.15, 0.2) is 6.23 Å². The maximum absolute atomic E-state index is 12.3. The number of aromatic nitrogens is 3. The van der Waals surface area contributed by atoms with E-state index in [1.165, 1.54) is 41.4 Å². The molecule has 3 aromatic rings. The number of aromatic amines is 1. The van der Waals surface area contributed by atoms with Crippen LogP contribution in [0, 0.1) is 0 Å². The lowest BCUT2D eigenvalue weighted by Gasteiger charge is -2.21. The monoisotopic (exact) mass is 476 g/mol. The number of H-pyrrole nitrogens is 1. The van der Waals surface area contributed by atoms with Gasteiger partial charge in [-0.2, -0.15) is 8.78 Å². The van der Waals surface area contributed by atoms with Crippen LogP contribution in [0.15, 0.2) is 41.9 Å². The SMILES string of the molecule is O[C@@H]1[C@H](O)[C@@H]([C@H](O)c2ccc(Cl)c(Cl)c2)O[C@H]1n1ccc2/c(=N\OC(F)F)nc[nH]c21. The van der Waals surface area contributed by atoms with Crippen LogP contribution >= 0.6 is 23.2 Å². The second-order valence-corrected chi connectivity index (χ2v) is 7.57. The summed E-state index contributed by atoms with van der Waals surface area (Å²) < 4.78 is 31.8. The molecule has 1 saturated heterocycles. The van der Waals surface area contributed by atoms with Crippen LogP contribution in [0.1, 0.15) is 17.9 Å². The molecule has 0 bridgehead atoms. The summed E-state index contributed by atoms with van der Waals surface area (Å²) in [5, 5.41) is 35.9. The number of halogens is 4. The first-order valence-electron chi connectivity index (χ1n) is 8.94. The van der Waals surface area contributed by atoms with Crippen molar-refractivity contribution in [3.8, 4) is 0 Å². The van der Waals surface area contributed by atoms with Crippen molar-refractivity contribution in [2.24, 2.45) is 5.16 Å². The van der Waals surface area contributed by atoms with E-state index < -0.39 is 37.3 Å². The van der Waals surface area contributed by atoms with Crippen molar-refractivity contribution in [1.29, 1.82) is 0 Å². The molecule has 5 atom stereocenters. The highest BCUT2D eigenvalue weighted by atomic mass is 35.5. The van der Waals surface area contributed by atoms with E-state index in [1.807, 2.05) is 0 Å². The van der Waals surface area contributed by atoms with Gasteiger partial charge in [0, 0.05) is 6.20 Å². The fourth-order valence-electron chi connectivity index (χ4n) is 3.44. The number of fused-ring (bicyclic) bond motifs is 1. The Balaban J connectivity index is 1.65. The first-order valence-corrected chi connectivity index (χ1v) is 9.70. The van der Waals surface area contributed by atoms with Gasteiger partial charge < -0.3 is 34.4 Å². The molecule has 9 nitrogen and oxygen atoms in total. The molecule has 3 heterocycles. The number of nitrogens with one attached hydrogen (secondary N) is 1. The van der Waals surface area contributed by atoms with E-state index in [1.54, 1.807) is 0 Å². The zero-order valence-electron chi connectivity index (χ0n) is 15.4. The fraction of sp³-hybridized carbons (Fsp3) is 0.333. The summed E-state index contributed by atoms with van der Waals surface area (Å²) in [5.74, 6) is 0. The number of nitrogens with zero attached hydrogens (tertiary/aromatic N) is 3. The summed E-state index contributed by atoms with van der Waals surface area (Å²) in [4.78, 5) is 10.6. The van der Waals surface area contributed by atoms with Crippen LogP contribution in [0.2, 0.25) is 10.0 Å². The third-order valence-electron chi connectivity index (χ3n) is 4.91. The Bertz CT molecular complexity index is 1160. The smallest absolute Gasteiger partial charge is 0.387 e. The highest BCUT2D eigenvalue weighted by molar-refractivity contribution is 6.42. The van der Waals surface area contributed by atoms with Gasteiger partial charge in [0.05, 0.1) is 21.8 Å². The van der Waals surface area contributed by atoms with Crippen LogP contribution in [0.25, 0.3) is 11.0 Å². The van der Waals surface area contributed by atoms with Crippen LogP contribution < -0.4 is 5.49 Å². The minimum atomic E-state index is -3.11. The number of benzene rings is 1. The summed E-state index contributed by atoms with van der Waals surface area (Å²) in [6.45, 7) is -3.11. The van der Waals surface area contributed by atoms with Crippen molar-refractivity contribution >= 4 is 34.2 Å². The standard InChI is InChI=1S/C18H16Cl2F2N4O5/c19-9-2-1-7(5-10(9)20)11(27)14-12(28)13(29)17(30-14)26-4-3-8-15(25-31-18(21)22)23-6-24-16(8)26/h1-6,11-14,17-18,27-29H,(H,23,24,25)/t11-,12+,13-,14-,17-/m1/s1. The molecular weight excluding hydrogens is 461 g/mol. The molecular formula is C18H16Cl2F2N4O5. The number of aliphatic hydroxyl groups is 3. The quantitative estimate of drug-likeness (QED) is 0.417. The summed E-state index contributed by atoms with van der Waals surface area (Å²) in [7, 11) is 0. The molecule has 1 fully saturated rings. The molecule has 1 aliphatic heterocycles. The van der Waals surface area contributed by atoms with E-state index >= 15 is 0 Å². The predicted octanol–water partition coefficient (Wildman–Crippen LogP) is 2.08. The Morgan fingerprint density at radius 3 is 2.68 bits per heavy atom. The van der Waals surface area contributed by atoms with Crippen molar-refractivity contribution in [1.82, 2.24) is 14.5 Å². The second kappa shape index (κ2) is 8.69. The Morgan fingerprint density at radius 2 is 1.97 bits per heavy atom. The van der Waals surface area contributed by atoms with Gasteiger partial charge in [-0.1, -0.05) is 34.4 Å². The third kappa shape index (κ3) is 4.12. The zero-order valence-corrected chi connectivity index (χ0v) is 17.0.